The standard InChI is InChI=1S/C9H16O3/c1-3-10-5-9-6-11-8(4-12-9)7(9)2/h7-8H,3-6H2,1-2H3/t7-,8-,9-/m0/s1. The first-order chi connectivity index (χ1) is 5.78. The van der Waals surface area contributed by atoms with Crippen LogP contribution >= 0.6 is 0 Å². The van der Waals surface area contributed by atoms with Crippen LogP contribution in [0.3, 0.4) is 0 Å². The van der Waals surface area contributed by atoms with Gasteiger partial charge in [-0.2, -0.15) is 0 Å². The lowest BCUT2D eigenvalue weighted by atomic mass is 9.92. The van der Waals surface area contributed by atoms with E-state index in [2.05, 4.69) is 6.92 Å². The topological polar surface area (TPSA) is 27.7 Å². The molecule has 12 heavy (non-hydrogen) atoms. The Kier molecular flexibility index (Phi) is 2.10. The summed E-state index contributed by atoms with van der Waals surface area (Å²) in [7, 11) is 0. The van der Waals surface area contributed by atoms with Crippen LogP contribution in [0.25, 0.3) is 0 Å². The van der Waals surface area contributed by atoms with E-state index >= 15 is 0 Å². The molecule has 2 rings (SSSR count). The first kappa shape index (κ1) is 8.48. The molecule has 0 N–H and O–H groups in total. The van der Waals surface area contributed by atoms with Gasteiger partial charge >= 0.3 is 0 Å². The highest BCUT2D eigenvalue weighted by atomic mass is 16.6. The van der Waals surface area contributed by atoms with Gasteiger partial charge < -0.3 is 14.2 Å². The Morgan fingerprint density at radius 2 is 2.42 bits per heavy atom. The van der Waals surface area contributed by atoms with Gasteiger partial charge in [0.2, 0.25) is 0 Å². The van der Waals surface area contributed by atoms with Crippen molar-refractivity contribution in [2.75, 3.05) is 26.4 Å². The van der Waals surface area contributed by atoms with Crippen LogP contribution in [-0.2, 0) is 14.2 Å². The minimum absolute atomic E-state index is 0.124. The Morgan fingerprint density at radius 1 is 1.58 bits per heavy atom. The van der Waals surface area contributed by atoms with Gasteiger partial charge in [0.05, 0.1) is 25.9 Å². The molecule has 2 heterocycles. The molecule has 2 bridgehead atoms. The second kappa shape index (κ2) is 2.98. The smallest absolute Gasteiger partial charge is 0.120 e. The molecule has 70 valence electrons. The minimum atomic E-state index is -0.124. The summed E-state index contributed by atoms with van der Waals surface area (Å²) >= 11 is 0. The van der Waals surface area contributed by atoms with Crippen molar-refractivity contribution in [2.45, 2.75) is 25.6 Å². The first-order valence-corrected chi connectivity index (χ1v) is 4.62. The SMILES string of the molecule is CCOC[C@@]12CO[C@@H](CO1)[C@@H]2C. The Bertz CT molecular complexity index is 161. The highest BCUT2D eigenvalue weighted by Crippen LogP contribution is 2.40. The van der Waals surface area contributed by atoms with E-state index in [4.69, 9.17) is 14.2 Å². The summed E-state index contributed by atoms with van der Waals surface area (Å²) in [4.78, 5) is 0. The predicted molar refractivity (Wildman–Crippen MR) is 44.1 cm³/mol. The summed E-state index contributed by atoms with van der Waals surface area (Å²) in [5, 5.41) is 0. The third-order valence-corrected chi connectivity index (χ3v) is 3.01. The van der Waals surface area contributed by atoms with Crippen molar-refractivity contribution in [1.29, 1.82) is 0 Å². The summed E-state index contributed by atoms with van der Waals surface area (Å²) in [6, 6.07) is 0. The zero-order valence-corrected chi connectivity index (χ0v) is 7.71. The van der Waals surface area contributed by atoms with Gasteiger partial charge in [-0.1, -0.05) is 6.92 Å². The third kappa shape index (κ3) is 1.08. The van der Waals surface area contributed by atoms with Gasteiger partial charge in [0.15, 0.2) is 0 Å². The molecule has 0 aliphatic carbocycles. The number of ether oxygens (including phenoxy) is 3. The predicted octanol–water partition coefficient (Wildman–Crippen LogP) is 0.827. The molecule has 3 atom stereocenters. The quantitative estimate of drug-likeness (QED) is 0.631. The van der Waals surface area contributed by atoms with Crippen LogP contribution in [0.2, 0.25) is 0 Å². The molecule has 2 saturated heterocycles. The maximum atomic E-state index is 5.70. The second-order valence-corrected chi connectivity index (χ2v) is 3.65. The fourth-order valence-electron chi connectivity index (χ4n) is 1.97. The lowest BCUT2D eigenvalue weighted by Gasteiger charge is -2.27. The van der Waals surface area contributed by atoms with Crippen molar-refractivity contribution in [3.63, 3.8) is 0 Å². The van der Waals surface area contributed by atoms with Crippen LogP contribution in [0, 0.1) is 5.92 Å². The Balaban J connectivity index is 2.00. The van der Waals surface area contributed by atoms with Gasteiger partial charge in [0, 0.05) is 12.5 Å². The number of hydrogen-bond donors (Lipinski definition) is 0. The highest BCUT2D eigenvalue weighted by molar-refractivity contribution is 5.01. The van der Waals surface area contributed by atoms with E-state index in [0.29, 0.717) is 25.2 Å². The van der Waals surface area contributed by atoms with E-state index in [9.17, 15) is 0 Å². The fourth-order valence-corrected chi connectivity index (χ4v) is 1.97. The number of hydrogen-bond acceptors (Lipinski definition) is 3. The maximum absolute atomic E-state index is 5.70. The third-order valence-electron chi connectivity index (χ3n) is 3.01. The van der Waals surface area contributed by atoms with E-state index in [1.54, 1.807) is 0 Å². The maximum Gasteiger partial charge on any atom is 0.120 e. The Labute approximate surface area is 73.0 Å². The zero-order chi connectivity index (χ0) is 8.60. The van der Waals surface area contributed by atoms with Crippen molar-refractivity contribution < 1.29 is 14.2 Å². The van der Waals surface area contributed by atoms with Gasteiger partial charge in [0.25, 0.3) is 0 Å². The molecule has 0 aromatic rings. The first-order valence-electron chi connectivity index (χ1n) is 4.62. The average Bonchev–Trinajstić information content (AvgIpc) is 2.57. The van der Waals surface area contributed by atoms with E-state index in [0.717, 1.165) is 13.2 Å². The molecule has 2 aliphatic rings. The van der Waals surface area contributed by atoms with Crippen LogP contribution in [-0.4, -0.2) is 38.1 Å². The van der Waals surface area contributed by atoms with Crippen LogP contribution in [0.15, 0.2) is 0 Å². The summed E-state index contributed by atoms with van der Waals surface area (Å²) in [6.07, 6.45) is 0.311. The highest BCUT2D eigenvalue weighted by Gasteiger charge is 2.54. The molecule has 3 nitrogen and oxygen atoms in total. The van der Waals surface area contributed by atoms with Crippen molar-refractivity contribution in [2.24, 2.45) is 5.92 Å². The van der Waals surface area contributed by atoms with Gasteiger partial charge in [0.1, 0.15) is 5.60 Å². The molecule has 2 aliphatic heterocycles. The van der Waals surface area contributed by atoms with Gasteiger partial charge in [-0.25, -0.2) is 0 Å². The summed E-state index contributed by atoms with van der Waals surface area (Å²) in [5.41, 5.74) is -0.124. The summed E-state index contributed by atoms with van der Waals surface area (Å²) < 4.78 is 16.7. The monoisotopic (exact) mass is 172 g/mol. The van der Waals surface area contributed by atoms with Gasteiger partial charge in [-0.15, -0.1) is 0 Å². The second-order valence-electron chi connectivity index (χ2n) is 3.65. The van der Waals surface area contributed by atoms with Crippen molar-refractivity contribution >= 4 is 0 Å². The van der Waals surface area contributed by atoms with Gasteiger partial charge in [-0.05, 0) is 6.92 Å². The van der Waals surface area contributed by atoms with E-state index in [1.807, 2.05) is 6.92 Å². The molecule has 0 aromatic carbocycles. The summed E-state index contributed by atoms with van der Waals surface area (Å²) in [5.74, 6) is 0.490. The molecule has 0 aromatic heterocycles. The molecule has 0 amide bonds. The largest absolute Gasteiger partial charge is 0.379 e. The number of fused-ring (bicyclic) bond motifs is 2. The van der Waals surface area contributed by atoms with Crippen LogP contribution in [0.5, 0.6) is 0 Å². The van der Waals surface area contributed by atoms with Gasteiger partial charge in [-0.3, -0.25) is 0 Å². The zero-order valence-electron chi connectivity index (χ0n) is 7.71. The molecule has 0 unspecified atom stereocenters. The molecule has 0 radical (unpaired) electrons. The average molecular weight is 172 g/mol. The van der Waals surface area contributed by atoms with E-state index in [-0.39, 0.29) is 5.60 Å². The van der Waals surface area contributed by atoms with Crippen LogP contribution < -0.4 is 0 Å². The lowest BCUT2D eigenvalue weighted by Crippen LogP contribution is -2.40. The summed E-state index contributed by atoms with van der Waals surface area (Å²) in [6.45, 7) is 7.07. The van der Waals surface area contributed by atoms with Crippen LogP contribution in [0.1, 0.15) is 13.8 Å². The van der Waals surface area contributed by atoms with E-state index in [1.165, 1.54) is 0 Å². The van der Waals surface area contributed by atoms with Crippen molar-refractivity contribution in [3.8, 4) is 0 Å². The molecule has 0 spiro atoms. The Hall–Kier alpha value is -0.120. The molecule has 0 saturated carbocycles. The molecule has 2 fully saturated rings. The normalized spacial score (nSPS) is 45.5. The minimum Gasteiger partial charge on any atom is -0.379 e. The van der Waals surface area contributed by atoms with Crippen molar-refractivity contribution in [1.82, 2.24) is 0 Å². The molecular weight excluding hydrogens is 156 g/mol. The fraction of sp³-hybridized carbons (Fsp3) is 1.00. The molecular formula is C9H16O3. The van der Waals surface area contributed by atoms with Crippen molar-refractivity contribution in [3.05, 3.63) is 0 Å². The van der Waals surface area contributed by atoms with E-state index < -0.39 is 0 Å². The Morgan fingerprint density at radius 3 is 2.83 bits per heavy atom. The number of rotatable bonds is 3. The lowest BCUT2D eigenvalue weighted by molar-refractivity contribution is -0.127. The van der Waals surface area contributed by atoms with Crippen LogP contribution in [0.4, 0.5) is 0 Å². The molecule has 3 heteroatoms.